The SMILES string of the molecule is CC1(S(=O)(=O)c2ccc(Cl)cc2)CCOC2(CCCCC2)OO1. The van der Waals surface area contributed by atoms with E-state index < -0.39 is 20.6 Å². The first-order valence-corrected chi connectivity index (χ1v) is 9.74. The Kier molecular flexibility index (Phi) is 4.73. The van der Waals surface area contributed by atoms with Crippen molar-refractivity contribution in [3.8, 4) is 0 Å². The zero-order valence-corrected chi connectivity index (χ0v) is 14.7. The molecular weight excluding hydrogens is 340 g/mol. The van der Waals surface area contributed by atoms with Gasteiger partial charge in [0.1, 0.15) is 0 Å². The van der Waals surface area contributed by atoms with E-state index in [0.29, 0.717) is 5.02 Å². The molecule has 3 rings (SSSR count). The van der Waals surface area contributed by atoms with Gasteiger partial charge in [0.2, 0.25) is 20.6 Å². The van der Waals surface area contributed by atoms with E-state index in [-0.39, 0.29) is 17.9 Å². The third kappa shape index (κ3) is 3.28. The van der Waals surface area contributed by atoms with E-state index in [1.165, 1.54) is 19.1 Å². The first-order valence-electron chi connectivity index (χ1n) is 7.88. The van der Waals surface area contributed by atoms with Gasteiger partial charge in [-0.05, 0) is 44.0 Å². The minimum absolute atomic E-state index is 0.160. The lowest BCUT2D eigenvalue weighted by molar-refractivity contribution is -0.440. The van der Waals surface area contributed by atoms with Crippen molar-refractivity contribution in [2.24, 2.45) is 0 Å². The van der Waals surface area contributed by atoms with Crippen molar-refractivity contribution in [1.82, 2.24) is 0 Å². The van der Waals surface area contributed by atoms with Gasteiger partial charge >= 0.3 is 0 Å². The summed E-state index contributed by atoms with van der Waals surface area (Å²) in [6.07, 6.45) is 4.77. The Morgan fingerprint density at radius 2 is 1.65 bits per heavy atom. The van der Waals surface area contributed by atoms with E-state index in [0.717, 1.165) is 32.1 Å². The van der Waals surface area contributed by atoms with E-state index in [1.807, 2.05) is 0 Å². The number of benzene rings is 1. The average Bonchev–Trinajstić information content (AvgIpc) is 2.70. The van der Waals surface area contributed by atoms with E-state index in [4.69, 9.17) is 26.1 Å². The molecule has 7 heteroatoms. The highest BCUT2D eigenvalue weighted by Crippen LogP contribution is 2.40. The molecule has 1 aliphatic carbocycles. The Bertz CT molecular complexity index is 652. The van der Waals surface area contributed by atoms with Gasteiger partial charge in [-0.25, -0.2) is 13.3 Å². The van der Waals surface area contributed by atoms with E-state index >= 15 is 0 Å². The van der Waals surface area contributed by atoms with Crippen molar-refractivity contribution < 1.29 is 22.9 Å². The molecule has 0 aromatic heterocycles. The normalized spacial score (nSPS) is 28.4. The molecule has 2 fully saturated rings. The largest absolute Gasteiger partial charge is 0.347 e. The van der Waals surface area contributed by atoms with Crippen LogP contribution in [0, 0.1) is 0 Å². The van der Waals surface area contributed by atoms with Crippen LogP contribution in [0.15, 0.2) is 29.2 Å². The highest BCUT2D eigenvalue weighted by atomic mass is 35.5. The van der Waals surface area contributed by atoms with Gasteiger partial charge in [-0.3, -0.25) is 0 Å². The van der Waals surface area contributed by atoms with E-state index in [1.54, 1.807) is 12.1 Å². The Labute approximate surface area is 141 Å². The Morgan fingerprint density at radius 3 is 2.30 bits per heavy atom. The quantitative estimate of drug-likeness (QED) is 0.749. The maximum Gasteiger partial charge on any atom is 0.211 e. The van der Waals surface area contributed by atoms with Crippen LogP contribution in [0.5, 0.6) is 0 Å². The molecule has 2 aliphatic rings. The van der Waals surface area contributed by atoms with Gasteiger partial charge in [0, 0.05) is 24.3 Å². The predicted molar refractivity (Wildman–Crippen MR) is 85.6 cm³/mol. The predicted octanol–water partition coefficient (Wildman–Crippen LogP) is 3.86. The third-order valence-corrected chi connectivity index (χ3v) is 7.15. The van der Waals surface area contributed by atoms with Gasteiger partial charge in [0.05, 0.1) is 11.5 Å². The van der Waals surface area contributed by atoms with Gasteiger partial charge in [0.25, 0.3) is 0 Å². The van der Waals surface area contributed by atoms with Gasteiger partial charge in [-0.1, -0.05) is 18.0 Å². The first kappa shape index (κ1) is 17.2. The summed E-state index contributed by atoms with van der Waals surface area (Å²) in [5.74, 6) is -0.800. The molecule has 0 amide bonds. The standard InChI is InChI=1S/C16H21ClO5S/c1-15(23(18,19)14-7-5-13(17)6-8-14)11-12-20-16(22-21-15)9-3-2-4-10-16/h5-8H,2-4,9-12H2,1H3. The molecule has 1 aliphatic heterocycles. The Morgan fingerprint density at radius 1 is 1.00 bits per heavy atom. The number of rotatable bonds is 2. The van der Waals surface area contributed by atoms with E-state index in [9.17, 15) is 8.42 Å². The van der Waals surface area contributed by atoms with Crippen molar-refractivity contribution >= 4 is 21.4 Å². The summed E-state index contributed by atoms with van der Waals surface area (Å²) in [7, 11) is -3.74. The van der Waals surface area contributed by atoms with Gasteiger partial charge in [-0.15, -0.1) is 0 Å². The van der Waals surface area contributed by atoms with Crippen LogP contribution in [0.1, 0.15) is 45.4 Å². The maximum atomic E-state index is 12.9. The summed E-state index contributed by atoms with van der Waals surface area (Å²) in [5.41, 5.74) is 0. The topological polar surface area (TPSA) is 61.8 Å². The second kappa shape index (κ2) is 6.33. The van der Waals surface area contributed by atoms with Crippen molar-refractivity contribution in [1.29, 1.82) is 0 Å². The molecule has 1 atom stereocenters. The molecule has 1 saturated carbocycles. The zero-order chi connectivity index (χ0) is 16.6. The number of ether oxygens (including phenoxy) is 1. The minimum atomic E-state index is -3.74. The number of halogens is 1. The van der Waals surface area contributed by atoms with Crippen LogP contribution in [0.25, 0.3) is 0 Å². The lowest BCUT2D eigenvalue weighted by atomic mass is 9.94. The lowest BCUT2D eigenvalue weighted by Gasteiger charge is -2.34. The Balaban J connectivity index is 1.84. The molecule has 0 radical (unpaired) electrons. The average molecular weight is 361 g/mol. The summed E-state index contributed by atoms with van der Waals surface area (Å²) in [6, 6.07) is 6.06. The molecule has 1 aromatic carbocycles. The summed E-state index contributed by atoms with van der Waals surface area (Å²) >= 11 is 5.83. The summed E-state index contributed by atoms with van der Waals surface area (Å²) < 4.78 is 31.7. The molecule has 1 spiro atoms. The lowest BCUT2D eigenvalue weighted by Crippen LogP contribution is -2.41. The molecular formula is C16H21ClO5S. The summed E-state index contributed by atoms with van der Waals surface area (Å²) in [6.45, 7) is 1.81. The second-order valence-electron chi connectivity index (χ2n) is 6.33. The summed E-state index contributed by atoms with van der Waals surface area (Å²) in [5, 5.41) is 0.483. The zero-order valence-electron chi connectivity index (χ0n) is 13.1. The maximum absolute atomic E-state index is 12.9. The van der Waals surface area contributed by atoms with E-state index in [2.05, 4.69) is 0 Å². The van der Waals surface area contributed by atoms with Crippen molar-refractivity contribution in [2.75, 3.05) is 6.61 Å². The number of hydrogen-bond acceptors (Lipinski definition) is 5. The number of sulfone groups is 1. The molecule has 1 heterocycles. The molecule has 0 bridgehead atoms. The monoisotopic (exact) mass is 360 g/mol. The third-order valence-electron chi connectivity index (χ3n) is 4.60. The van der Waals surface area contributed by atoms with Crippen LogP contribution in [-0.4, -0.2) is 25.7 Å². The highest BCUT2D eigenvalue weighted by Gasteiger charge is 2.49. The fraction of sp³-hybridized carbons (Fsp3) is 0.625. The molecule has 128 valence electrons. The van der Waals surface area contributed by atoms with Crippen molar-refractivity contribution in [2.45, 2.75) is 61.1 Å². The molecule has 1 saturated heterocycles. The van der Waals surface area contributed by atoms with Crippen molar-refractivity contribution in [3.05, 3.63) is 29.3 Å². The second-order valence-corrected chi connectivity index (χ2v) is 9.11. The smallest absolute Gasteiger partial charge is 0.211 e. The van der Waals surface area contributed by atoms with Crippen LogP contribution >= 0.6 is 11.6 Å². The van der Waals surface area contributed by atoms with Gasteiger partial charge in [0.15, 0.2) is 0 Å². The van der Waals surface area contributed by atoms with Gasteiger partial charge in [-0.2, -0.15) is 4.89 Å². The minimum Gasteiger partial charge on any atom is -0.347 e. The highest BCUT2D eigenvalue weighted by molar-refractivity contribution is 7.92. The van der Waals surface area contributed by atoms with Crippen LogP contribution in [-0.2, 0) is 24.3 Å². The molecule has 5 nitrogen and oxygen atoms in total. The fourth-order valence-electron chi connectivity index (χ4n) is 3.01. The van der Waals surface area contributed by atoms with Crippen LogP contribution in [0.2, 0.25) is 5.02 Å². The van der Waals surface area contributed by atoms with Gasteiger partial charge < -0.3 is 4.74 Å². The first-order chi connectivity index (χ1) is 10.9. The summed E-state index contributed by atoms with van der Waals surface area (Å²) in [4.78, 5) is 9.71. The molecule has 1 aromatic rings. The molecule has 1 unspecified atom stereocenters. The van der Waals surface area contributed by atoms with Crippen LogP contribution in [0.3, 0.4) is 0 Å². The molecule has 23 heavy (non-hydrogen) atoms. The van der Waals surface area contributed by atoms with Crippen molar-refractivity contribution in [3.63, 3.8) is 0 Å². The van der Waals surface area contributed by atoms with Crippen LogP contribution in [0.4, 0.5) is 0 Å². The number of hydrogen-bond donors (Lipinski definition) is 0. The molecule has 0 N–H and O–H groups in total. The van der Waals surface area contributed by atoms with Crippen LogP contribution < -0.4 is 0 Å². The Hall–Kier alpha value is -0.660. The fourth-order valence-corrected chi connectivity index (χ4v) is 4.61.